The molecule has 0 spiro atoms. The van der Waals surface area contributed by atoms with Gasteiger partial charge in [-0.3, -0.25) is 0 Å². The molecular weight excluding hydrogens is 427 g/mol. The second-order valence-corrected chi connectivity index (χ2v) is 7.91. The maximum Gasteiger partial charge on any atom is 0.416 e. The van der Waals surface area contributed by atoms with Crippen molar-refractivity contribution < 1.29 is 18.0 Å². The van der Waals surface area contributed by atoms with E-state index in [0.29, 0.717) is 11.5 Å². The molecule has 2 amide bonds. The van der Waals surface area contributed by atoms with Crippen LogP contribution in [0.15, 0.2) is 54.9 Å². The van der Waals surface area contributed by atoms with E-state index >= 15 is 0 Å². The van der Waals surface area contributed by atoms with Gasteiger partial charge in [-0.2, -0.15) is 13.2 Å². The number of nitrogens with one attached hydrogen (secondary N) is 2. The molecule has 2 heterocycles. The molecular formula is C21H16F3N5OS. The second-order valence-electron chi connectivity index (χ2n) is 6.71. The van der Waals surface area contributed by atoms with Crippen molar-refractivity contribution >= 4 is 44.8 Å². The van der Waals surface area contributed by atoms with Gasteiger partial charge in [0.05, 0.1) is 10.9 Å². The van der Waals surface area contributed by atoms with Crippen LogP contribution in [0.5, 0.6) is 0 Å². The van der Waals surface area contributed by atoms with Gasteiger partial charge in [-0.25, -0.2) is 14.8 Å². The molecule has 2 aromatic heterocycles. The monoisotopic (exact) mass is 443 g/mol. The van der Waals surface area contributed by atoms with Crippen LogP contribution in [0.25, 0.3) is 21.3 Å². The van der Waals surface area contributed by atoms with Gasteiger partial charge in [-0.05, 0) is 42.8 Å². The van der Waals surface area contributed by atoms with E-state index in [1.165, 1.54) is 29.8 Å². The molecule has 4 rings (SSSR count). The number of nitrogens with two attached hydrogens (primary N) is 1. The summed E-state index contributed by atoms with van der Waals surface area (Å²) in [6.45, 7) is 1.97. The van der Waals surface area contributed by atoms with Gasteiger partial charge in [-0.15, -0.1) is 11.3 Å². The number of carbonyl (C=O) groups excluding carboxylic acids is 1. The minimum Gasteiger partial charge on any atom is -0.383 e. The Morgan fingerprint density at radius 2 is 1.74 bits per heavy atom. The first-order valence-corrected chi connectivity index (χ1v) is 9.89. The van der Waals surface area contributed by atoms with E-state index in [1.54, 1.807) is 12.1 Å². The van der Waals surface area contributed by atoms with Gasteiger partial charge in [-0.1, -0.05) is 18.2 Å². The maximum absolute atomic E-state index is 12.8. The van der Waals surface area contributed by atoms with Crippen molar-refractivity contribution in [2.75, 3.05) is 16.4 Å². The zero-order valence-electron chi connectivity index (χ0n) is 16.1. The van der Waals surface area contributed by atoms with Crippen LogP contribution in [0.1, 0.15) is 10.4 Å². The Labute approximate surface area is 178 Å². The van der Waals surface area contributed by atoms with Crippen LogP contribution in [0.2, 0.25) is 0 Å². The Morgan fingerprint density at radius 3 is 2.45 bits per heavy atom. The molecule has 0 aliphatic rings. The third kappa shape index (κ3) is 4.29. The van der Waals surface area contributed by atoms with E-state index in [0.717, 1.165) is 38.4 Å². The number of aryl methyl sites for hydroxylation is 1. The molecule has 158 valence electrons. The van der Waals surface area contributed by atoms with Gasteiger partial charge < -0.3 is 16.4 Å². The Bertz CT molecular complexity index is 1270. The summed E-state index contributed by atoms with van der Waals surface area (Å²) < 4.78 is 38.4. The minimum absolute atomic E-state index is 0.0415. The summed E-state index contributed by atoms with van der Waals surface area (Å²) in [5.41, 5.74) is 7.53. The Balaban J connectivity index is 1.51. The lowest BCUT2D eigenvalue weighted by atomic mass is 10.0. The highest BCUT2D eigenvalue weighted by molar-refractivity contribution is 7.19. The average Bonchev–Trinajstić information content (AvgIpc) is 3.05. The number of rotatable bonds is 3. The van der Waals surface area contributed by atoms with Crippen LogP contribution in [-0.2, 0) is 6.18 Å². The zero-order valence-corrected chi connectivity index (χ0v) is 16.9. The number of alkyl halides is 3. The number of benzene rings is 2. The molecule has 0 aliphatic carbocycles. The fourth-order valence-corrected chi connectivity index (χ4v) is 4.22. The number of nitrogens with zero attached hydrogens (tertiary/aromatic N) is 2. The lowest BCUT2D eigenvalue weighted by molar-refractivity contribution is -0.137. The highest BCUT2D eigenvalue weighted by Crippen LogP contribution is 2.39. The molecule has 0 radical (unpaired) electrons. The predicted molar refractivity (Wildman–Crippen MR) is 116 cm³/mol. The number of carbonyl (C=O) groups is 1. The van der Waals surface area contributed by atoms with Crippen molar-refractivity contribution in [2.45, 2.75) is 13.1 Å². The number of nitrogen functional groups attached to an aromatic ring is 1. The molecule has 4 aromatic rings. The zero-order chi connectivity index (χ0) is 22.2. The maximum atomic E-state index is 12.8. The number of thiophene rings is 1. The highest BCUT2D eigenvalue weighted by atomic mass is 32.1. The van der Waals surface area contributed by atoms with Crippen LogP contribution in [-0.4, -0.2) is 16.0 Å². The quantitative estimate of drug-likeness (QED) is 0.367. The van der Waals surface area contributed by atoms with E-state index in [-0.39, 0.29) is 5.69 Å². The Morgan fingerprint density at radius 1 is 1.03 bits per heavy atom. The molecule has 6 nitrogen and oxygen atoms in total. The SMILES string of the molecule is Cc1sc2ncnc(N)c2c1-c1ccc(NC(=O)Nc2cccc(C(F)(F)F)c2)cc1. The van der Waals surface area contributed by atoms with Gasteiger partial charge in [0.25, 0.3) is 0 Å². The van der Waals surface area contributed by atoms with E-state index in [4.69, 9.17) is 5.73 Å². The second kappa shape index (κ2) is 7.88. The lowest BCUT2D eigenvalue weighted by Gasteiger charge is -2.11. The molecule has 2 aromatic carbocycles. The first-order chi connectivity index (χ1) is 14.7. The molecule has 0 saturated heterocycles. The fraction of sp³-hybridized carbons (Fsp3) is 0.0952. The number of hydrogen-bond acceptors (Lipinski definition) is 5. The largest absolute Gasteiger partial charge is 0.416 e. The van der Waals surface area contributed by atoms with Gasteiger partial charge in [0.2, 0.25) is 0 Å². The molecule has 0 saturated carbocycles. The van der Waals surface area contributed by atoms with Gasteiger partial charge in [0, 0.05) is 21.8 Å². The molecule has 0 fully saturated rings. The van der Waals surface area contributed by atoms with Gasteiger partial charge in [0.15, 0.2) is 0 Å². The standard InChI is InChI=1S/C21H16F3N5OS/c1-11-16(17-18(25)26-10-27-19(17)31-11)12-5-7-14(8-6-12)28-20(30)29-15-4-2-3-13(9-15)21(22,23)24/h2-10H,1H3,(H2,25,26,27)(H2,28,29,30). The minimum atomic E-state index is -4.48. The van der Waals surface area contributed by atoms with E-state index in [2.05, 4.69) is 20.6 Å². The van der Waals surface area contributed by atoms with Crippen molar-refractivity contribution in [2.24, 2.45) is 0 Å². The van der Waals surface area contributed by atoms with Crippen LogP contribution in [0.4, 0.5) is 35.2 Å². The van der Waals surface area contributed by atoms with Gasteiger partial charge in [0.1, 0.15) is 17.0 Å². The van der Waals surface area contributed by atoms with Crippen LogP contribution in [0, 0.1) is 6.92 Å². The number of fused-ring (bicyclic) bond motifs is 1. The normalized spacial score (nSPS) is 11.5. The molecule has 0 bridgehead atoms. The molecule has 0 atom stereocenters. The molecule has 0 aliphatic heterocycles. The summed E-state index contributed by atoms with van der Waals surface area (Å²) >= 11 is 1.52. The molecule has 10 heteroatoms. The molecule has 31 heavy (non-hydrogen) atoms. The lowest BCUT2D eigenvalue weighted by Crippen LogP contribution is -2.19. The van der Waals surface area contributed by atoms with E-state index < -0.39 is 17.8 Å². The van der Waals surface area contributed by atoms with Crippen LogP contribution < -0.4 is 16.4 Å². The summed E-state index contributed by atoms with van der Waals surface area (Å²) in [4.78, 5) is 22.3. The number of urea groups is 1. The third-order valence-corrected chi connectivity index (χ3v) is 5.59. The van der Waals surface area contributed by atoms with Gasteiger partial charge >= 0.3 is 12.2 Å². The van der Waals surface area contributed by atoms with E-state index in [9.17, 15) is 18.0 Å². The number of amides is 2. The third-order valence-electron chi connectivity index (χ3n) is 4.57. The first kappa shape index (κ1) is 20.6. The average molecular weight is 443 g/mol. The summed E-state index contributed by atoms with van der Waals surface area (Å²) in [5, 5.41) is 5.80. The number of halogens is 3. The van der Waals surface area contributed by atoms with Crippen molar-refractivity contribution in [1.82, 2.24) is 9.97 Å². The number of anilines is 3. The van der Waals surface area contributed by atoms with Crippen molar-refractivity contribution in [3.05, 3.63) is 65.3 Å². The van der Waals surface area contributed by atoms with Crippen LogP contribution in [0.3, 0.4) is 0 Å². The van der Waals surface area contributed by atoms with Crippen molar-refractivity contribution in [3.8, 4) is 11.1 Å². The highest BCUT2D eigenvalue weighted by Gasteiger charge is 2.30. The summed E-state index contributed by atoms with van der Waals surface area (Å²) in [5.74, 6) is 0.395. The predicted octanol–water partition coefficient (Wildman–Crippen LogP) is 5.91. The molecule has 0 unspecified atom stereocenters. The van der Waals surface area contributed by atoms with E-state index in [1.807, 2.05) is 19.1 Å². The number of hydrogen-bond donors (Lipinski definition) is 3. The number of aromatic nitrogens is 2. The Kier molecular flexibility index (Phi) is 5.24. The van der Waals surface area contributed by atoms with Crippen molar-refractivity contribution in [3.63, 3.8) is 0 Å². The summed E-state index contributed by atoms with van der Waals surface area (Å²) in [6, 6.07) is 10.8. The first-order valence-electron chi connectivity index (χ1n) is 9.07. The topological polar surface area (TPSA) is 92.9 Å². The van der Waals surface area contributed by atoms with Crippen molar-refractivity contribution in [1.29, 1.82) is 0 Å². The van der Waals surface area contributed by atoms with Crippen LogP contribution >= 0.6 is 11.3 Å². The summed E-state index contributed by atoms with van der Waals surface area (Å²) in [7, 11) is 0. The Hall–Kier alpha value is -3.66. The smallest absolute Gasteiger partial charge is 0.383 e. The fourth-order valence-electron chi connectivity index (χ4n) is 3.20. The summed E-state index contributed by atoms with van der Waals surface area (Å²) in [6.07, 6.45) is -3.06. The molecule has 4 N–H and O–H groups in total.